The summed E-state index contributed by atoms with van der Waals surface area (Å²) in [5, 5.41) is 10.2. The van der Waals surface area contributed by atoms with Crippen LogP contribution < -0.4 is 0 Å². The highest BCUT2D eigenvalue weighted by molar-refractivity contribution is 5.80. The fourth-order valence-electron chi connectivity index (χ4n) is 3.17. The number of allylic oxidation sites excluding steroid dienone is 2. The minimum atomic E-state index is -0.415. The number of pyridine rings is 1. The molecule has 4 nitrogen and oxygen atoms in total. The van der Waals surface area contributed by atoms with Crippen LogP contribution in [0.15, 0.2) is 36.7 Å². The molecule has 20 heavy (non-hydrogen) atoms. The zero-order valence-electron chi connectivity index (χ0n) is 11.5. The number of nitrogens with zero attached hydrogens (tertiary/aromatic N) is 2. The highest BCUT2D eigenvalue weighted by Gasteiger charge is 2.38. The van der Waals surface area contributed by atoms with Gasteiger partial charge < -0.3 is 10.0 Å². The normalized spacial score (nSPS) is 26.4. The van der Waals surface area contributed by atoms with Crippen molar-refractivity contribution in [3.63, 3.8) is 0 Å². The van der Waals surface area contributed by atoms with Crippen molar-refractivity contribution in [2.45, 2.75) is 37.8 Å². The average molecular weight is 272 g/mol. The van der Waals surface area contributed by atoms with E-state index in [9.17, 15) is 9.90 Å². The van der Waals surface area contributed by atoms with Crippen LogP contribution in [-0.2, 0) is 11.2 Å². The topological polar surface area (TPSA) is 53.4 Å². The molecule has 1 aliphatic carbocycles. The molecule has 0 unspecified atom stereocenters. The van der Waals surface area contributed by atoms with Gasteiger partial charge in [-0.15, -0.1) is 0 Å². The molecule has 1 saturated heterocycles. The third kappa shape index (κ3) is 2.61. The predicted octanol–water partition coefficient (Wildman–Crippen LogP) is 1.55. The van der Waals surface area contributed by atoms with Gasteiger partial charge in [-0.05, 0) is 43.4 Å². The van der Waals surface area contributed by atoms with Crippen molar-refractivity contribution < 1.29 is 9.90 Å². The second-order valence-electron chi connectivity index (χ2n) is 5.65. The molecule has 0 saturated carbocycles. The Morgan fingerprint density at radius 2 is 2.00 bits per heavy atom. The van der Waals surface area contributed by atoms with Gasteiger partial charge in [-0.2, -0.15) is 0 Å². The van der Waals surface area contributed by atoms with Gasteiger partial charge in [-0.1, -0.05) is 12.2 Å². The van der Waals surface area contributed by atoms with Crippen LogP contribution in [0.4, 0.5) is 0 Å². The molecule has 3 rings (SSSR count). The third-order valence-corrected chi connectivity index (χ3v) is 4.34. The first-order valence-electron chi connectivity index (χ1n) is 7.28. The first-order chi connectivity index (χ1) is 9.75. The number of amides is 1. The maximum Gasteiger partial charge on any atom is 0.226 e. The van der Waals surface area contributed by atoms with Gasteiger partial charge in [-0.3, -0.25) is 9.78 Å². The van der Waals surface area contributed by atoms with Crippen LogP contribution in [-0.4, -0.2) is 39.6 Å². The molecule has 1 aromatic heterocycles. The number of aliphatic hydroxyl groups is 1. The SMILES string of the molecule is O=C(C1CC=CC1)N1CC[C@@H](O)[C@H]1Cc1ccncc1. The lowest BCUT2D eigenvalue weighted by atomic mass is 10.0. The summed E-state index contributed by atoms with van der Waals surface area (Å²) in [6.07, 6.45) is 10.3. The zero-order chi connectivity index (χ0) is 13.9. The number of aromatic nitrogens is 1. The number of aliphatic hydroxyl groups excluding tert-OH is 1. The van der Waals surface area contributed by atoms with E-state index >= 15 is 0 Å². The molecule has 0 spiro atoms. The van der Waals surface area contributed by atoms with Gasteiger partial charge in [0, 0.05) is 24.9 Å². The van der Waals surface area contributed by atoms with Crippen LogP contribution in [0.5, 0.6) is 0 Å². The van der Waals surface area contributed by atoms with E-state index in [1.54, 1.807) is 12.4 Å². The lowest BCUT2D eigenvalue weighted by Crippen LogP contribution is -2.43. The van der Waals surface area contributed by atoms with E-state index in [0.717, 1.165) is 18.4 Å². The van der Waals surface area contributed by atoms with Gasteiger partial charge in [0.25, 0.3) is 0 Å². The van der Waals surface area contributed by atoms with Gasteiger partial charge in [-0.25, -0.2) is 0 Å². The molecule has 106 valence electrons. The van der Waals surface area contributed by atoms with E-state index in [-0.39, 0.29) is 17.9 Å². The molecule has 1 amide bonds. The number of carbonyl (C=O) groups is 1. The molecular formula is C16H20N2O2. The molecule has 1 fully saturated rings. The van der Waals surface area contributed by atoms with Crippen molar-refractivity contribution in [3.8, 4) is 0 Å². The maximum absolute atomic E-state index is 12.6. The molecule has 0 radical (unpaired) electrons. The first kappa shape index (κ1) is 13.3. The minimum absolute atomic E-state index is 0.0836. The van der Waals surface area contributed by atoms with Crippen molar-refractivity contribution in [1.82, 2.24) is 9.88 Å². The number of carbonyl (C=O) groups excluding carboxylic acids is 1. The number of rotatable bonds is 3. The molecule has 0 aromatic carbocycles. The van der Waals surface area contributed by atoms with Gasteiger partial charge in [0.2, 0.25) is 5.91 Å². The first-order valence-corrected chi connectivity index (χ1v) is 7.28. The standard InChI is InChI=1S/C16H20N2O2/c19-15-7-10-18(16(20)13-3-1-2-4-13)14(15)11-12-5-8-17-9-6-12/h1-2,5-6,8-9,13-15,19H,3-4,7,10-11H2/t14-,15-/m1/s1. The molecule has 4 heteroatoms. The lowest BCUT2D eigenvalue weighted by molar-refractivity contribution is -0.136. The molecule has 2 atom stereocenters. The van der Waals surface area contributed by atoms with Crippen LogP contribution >= 0.6 is 0 Å². The summed E-state index contributed by atoms with van der Waals surface area (Å²) in [5.74, 6) is 0.283. The van der Waals surface area contributed by atoms with Crippen LogP contribution in [0.2, 0.25) is 0 Å². The summed E-state index contributed by atoms with van der Waals surface area (Å²) in [6, 6.07) is 3.81. The van der Waals surface area contributed by atoms with Crippen LogP contribution in [0, 0.1) is 5.92 Å². The number of likely N-dealkylation sites (tertiary alicyclic amines) is 1. The summed E-state index contributed by atoms with van der Waals surface area (Å²) in [5.41, 5.74) is 1.12. The Morgan fingerprint density at radius 1 is 1.30 bits per heavy atom. The summed E-state index contributed by atoms with van der Waals surface area (Å²) >= 11 is 0. The molecule has 1 aliphatic heterocycles. The van der Waals surface area contributed by atoms with E-state index in [0.29, 0.717) is 19.4 Å². The van der Waals surface area contributed by atoms with Gasteiger partial charge in [0.05, 0.1) is 12.1 Å². The maximum atomic E-state index is 12.6. The summed E-state index contributed by atoms with van der Waals surface area (Å²) in [7, 11) is 0. The van der Waals surface area contributed by atoms with Crippen molar-refractivity contribution in [2.24, 2.45) is 5.92 Å². The van der Waals surface area contributed by atoms with Crippen molar-refractivity contribution in [1.29, 1.82) is 0 Å². The van der Waals surface area contributed by atoms with Crippen LogP contribution in [0.1, 0.15) is 24.8 Å². The molecular weight excluding hydrogens is 252 g/mol. The Morgan fingerprint density at radius 3 is 2.70 bits per heavy atom. The number of hydrogen-bond donors (Lipinski definition) is 1. The molecule has 1 aromatic rings. The van der Waals surface area contributed by atoms with Gasteiger partial charge >= 0.3 is 0 Å². The average Bonchev–Trinajstić information content (AvgIpc) is 3.11. The largest absolute Gasteiger partial charge is 0.391 e. The Hall–Kier alpha value is -1.68. The smallest absolute Gasteiger partial charge is 0.226 e. The fraction of sp³-hybridized carbons (Fsp3) is 0.500. The van der Waals surface area contributed by atoms with E-state index in [1.165, 1.54) is 0 Å². The quantitative estimate of drug-likeness (QED) is 0.849. The van der Waals surface area contributed by atoms with E-state index < -0.39 is 6.10 Å². The lowest BCUT2D eigenvalue weighted by Gasteiger charge is -2.28. The number of hydrogen-bond acceptors (Lipinski definition) is 3. The second-order valence-corrected chi connectivity index (χ2v) is 5.65. The molecule has 2 heterocycles. The Bertz CT molecular complexity index is 492. The van der Waals surface area contributed by atoms with Crippen molar-refractivity contribution >= 4 is 5.91 Å². The fourth-order valence-corrected chi connectivity index (χ4v) is 3.17. The van der Waals surface area contributed by atoms with E-state index in [1.807, 2.05) is 17.0 Å². The summed E-state index contributed by atoms with van der Waals surface area (Å²) < 4.78 is 0. The van der Waals surface area contributed by atoms with Crippen LogP contribution in [0.3, 0.4) is 0 Å². The molecule has 0 bridgehead atoms. The second kappa shape index (κ2) is 5.75. The predicted molar refractivity (Wildman–Crippen MR) is 75.9 cm³/mol. The zero-order valence-corrected chi connectivity index (χ0v) is 11.5. The Labute approximate surface area is 119 Å². The Balaban J connectivity index is 1.71. The van der Waals surface area contributed by atoms with Crippen LogP contribution in [0.25, 0.3) is 0 Å². The summed E-state index contributed by atoms with van der Waals surface area (Å²) in [6.45, 7) is 0.673. The van der Waals surface area contributed by atoms with Gasteiger partial charge in [0.15, 0.2) is 0 Å². The van der Waals surface area contributed by atoms with E-state index in [2.05, 4.69) is 17.1 Å². The van der Waals surface area contributed by atoms with Crippen molar-refractivity contribution in [3.05, 3.63) is 42.2 Å². The summed E-state index contributed by atoms with van der Waals surface area (Å²) in [4.78, 5) is 18.5. The van der Waals surface area contributed by atoms with Crippen molar-refractivity contribution in [2.75, 3.05) is 6.54 Å². The highest BCUT2D eigenvalue weighted by Crippen LogP contribution is 2.27. The minimum Gasteiger partial charge on any atom is -0.391 e. The Kier molecular flexibility index (Phi) is 3.83. The van der Waals surface area contributed by atoms with Gasteiger partial charge in [0.1, 0.15) is 0 Å². The monoisotopic (exact) mass is 272 g/mol. The molecule has 1 N–H and O–H groups in total. The third-order valence-electron chi connectivity index (χ3n) is 4.34. The highest BCUT2D eigenvalue weighted by atomic mass is 16.3. The molecule has 2 aliphatic rings. The van der Waals surface area contributed by atoms with E-state index in [4.69, 9.17) is 0 Å².